The number of para-hydroxylation sites is 1. The second kappa shape index (κ2) is 4.78. The van der Waals surface area contributed by atoms with Crippen molar-refractivity contribution < 1.29 is 9.63 Å². The molecule has 0 bridgehead atoms. The molecule has 0 saturated carbocycles. The van der Waals surface area contributed by atoms with Crippen molar-refractivity contribution in [3.8, 4) is 17.2 Å². The summed E-state index contributed by atoms with van der Waals surface area (Å²) in [6, 6.07) is 7.14. The first-order chi connectivity index (χ1) is 8.84. The Morgan fingerprint density at radius 2 is 2.17 bits per heavy atom. The van der Waals surface area contributed by atoms with Crippen molar-refractivity contribution in [1.82, 2.24) is 15.5 Å². The molecular weight excluding hydrogens is 230 g/mol. The summed E-state index contributed by atoms with van der Waals surface area (Å²) in [7, 11) is 0. The summed E-state index contributed by atoms with van der Waals surface area (Å²) in [5, 5.41) is 17.1. The van der Waals surface area contributed by atoms with Crippen LogP contribution >= 0.6 is 0 Å². The second-order valence-electron chi connectivity index (χ2n) is 4.48. The van der Waals surface area contributed by atoms with Crippen molar-refractivity contribution in [2.45, 2.75) is 25.3 Å². The van der Waals surface area contributed by atoms with E-state index < -0.39 is 0 Å². The first-order valence-corrected chi connectivity index (χ1v) is 6.20. The fraction of sp³-hybridized carbons (Fsp3) is 0.385. The molecule has 2 N–H and O–H groups in total. The molecule has 1 aliphatic rings. The molecule has 0 spiro atoms. The van der Waals surface area contributed by atoms with Crippen molar-refractivity contribution >= 4 is 0 Å². The molecule has 1 aromatic heterocycles. The van der Waals surface area contributed by atoms with Crippen molar-refractivity contribution in [1.29, 1.82) is 0 Å². The van der Waals surface area contributed by atoms with Gasteiger partial charge >= 0.3 is 0 Å². The van der Waals surface area contributed by atoms with Gasteiger partial charge in [0.15, 0.2) is 5.82 Å². The van der Waals surface area contributed by atoms with Gasteiger partial charge in [-0.3, -0.25) is 0 Å². The lowest BCUT2D eigenvalue weighted by molar-refractivity contribution is 0.366. The average molecular weight is 245 g/mol. The third-order valence-corrected chi connectivity index (χ3v) is 3.20. The van der Waals surface area contributed by atoms with Gasteiger partial charge in [-0.2, -0.15) is 4.98 Å². The molecule has 5 heteroatoms. The van der Waals surface area contributed by atoms with Gasteiger partial charge in [0.2, 0.25) is 0 Å². The van der Waals surface area contributed by atoms with E-state index in [4.69, 9.17) is 4.52 Å². The van der Waals surface area contributed by atoms with Gasteiger partial charge in [0.05, 0.1) is 11.6 Å². The molecule has 1 atom stereocenters. The van der Waals surface area contributed by atoms with E-state index in [2.05, 4.69) is 15.5 Å². The zero-order valence-corrected chi connectivity index (χ0v) is 9.97. The highest BCUT2D eigenvalue weighted by molar-refractivity contribution is 5.61. The molecule has 2 aromatic rings. The van der Waals surface area contributed by atoms with E-state index in [0.717, 1.165) is 13.0 Å². The Morgan fingerprint density at radius 3 is 2.94 bits per heavy atom. The Bertz CT molecular complexity index is 533. The number of piperidine rings is 1. The van der Waals surface area contributed by atoms with Gasteiger partial charge in [-0.25, -0.2) is 0 Å². The van der Waals surface area contributed by atoms with Gasteiger partial charge in [-0.15, -0.1) is 0 Å². The third kappa shape index (κ3) is 2.09. The Kier molecular flexibility index (Phi) is 2.98. The molecule has 94 valence electrons. The zero-order chi connectivity index (χ0) is 12.4. The predicted molar refractivity (Wildman–Crippen MR) is 66.0 cm³/mol. The van der Waals surface area contributed by atoms with Gasteiger partial charge in [0.25, 0.3) is 5.89 Å². The minimum absolute atomic E-state index is 0.157. The molecule has 1 aliphatic heterocycles. The van der Waals surface area contributed by atoms with Crippen LogP contribution in [0.25, 0.3) is 11.5 Å². The number of rotatable bonds is 2. The summed E-state index contributed by atoms with van der Waals surface area (Å²) < 4.78 is 5.22. The van der Waals surface area contributed by atoms with E-state index in [9.17, 15) is 5.11 Å². The van der Waals surface area contributed by atoms with Crippen LogP contribution in [0.3, 0.4) is 0 Å². The summed E-state index contributed by atoms with van der Waals surface area (Å²) in [6.07, 6.45) is 3.40. The van der Waals surface area contributed by atoms with E-state index in [1.54, 1.807) is 18.2 Å². The molecule has 5 nitrogen and oxygen atoms in total. The van der Waals surface area contributed by atoms with Gasteiger partial charge in [0, 0.05) is 0 Å². The number of nitrogens with zero attached hydrogens (tertiary/aromatic N) is 2. The molecule has 3 rings (SSSR count). The summed E-state index contributed by atoms with van der Waals surface area (Å²) in [5.74, 6) is 1.20. The Balaban J connectivity index is 1.87. The number of benzene rings is 1. The van der Waals surface area contributed by atoms with Gasteiger partial charge in [-0.05, 0) is 31.5 Å². The number of nitrogens with one attached hydrogen (secondary N) is 1. The molecule has 1 saturated heterocycles. The molecule has 1 aromatic carbocycles. The molecule has 18 heavy (non-hydrogen) atoms. The zero-order valence-electron chi connectivity index (χ0n) is 9.97. The predicted octanol–water partition coefficient (Wildman–Crippen LogP) is 2.26. The number of aromatic hydroxyl groups is 1. The van der Waals surface area contributed by atoms with Gasteiger partial charge < -0.3 is 14.9 Å². The Hall–Kier alpha value is -1.88. The smallest absolute Gasteiger partial charge is 0.261 e. The number of hydrogen-bond donors (Lipinski definition) is 2. The van der Waals surface area contributed by atoms with Crippen LogP contribution in [0.1, 0.15) is 31.1 Å². The standard InChI is InChI=1S/C13H15N3O2/c17-11-7-2-1-5-9(11)13-15-12(16-18-13)10-6-3-4-8-14-10/h1-2,5,7,10,14,17H,3-4,6,8H2. The van der Waals surface area contributed by atoms with Gasteiger partial charge in [0.1, 0.15) is 5.75 Å². The van der Waals surface area contributed by atoms with Crippen molar-refractivity contribution in [2.75, 3.05) is 6.54 Å². The largest absolute Gasteiger partial charge is 0.507 e. The Labute approximate surface area is 105 Å². The minimum Gasteiger partial charge on any atom is -0.507 e. The molecule has 0 radical (unpaired) electrons. The maximum absolute atomic E-state index is 9.74. The highest BCUT2D eigenvalue weighted by Crippen LogP contribution is 2.29. The van der Waals surface area contributed by atoms with Crippen LogP contribution in [0.5, 0.6) is 5.75 Å². The number of aromatic nitrogens is 2. The second-order valence-corrected chi connectivity index (χ2v) is 4.48. The van der Waals surface area contributed by atoms with E-state index >= 15 is 0 Å². The topological polar surface area (TPSA) is 71.2 Å². The summed E-state index contributed by atoms with van der Waals surface area (Å²) in [4.78, 5) is 4.36. The summed E-state index contributed by atoms with van der Waals surface area (Å²) in [5.41, 5.74) is 0.576. The van der Waals surface area contributed by atoms with Crippen molar-refractivity contribution in [3.05, 3.63) is 30.1 Å². The van der Waals surface area contributed by atoms with Crippen LogP contribution in [0, 0.1) is 0 Å². The molecule has 0 amide bonds. The van der Waals surface area contributed by atoms with Crippen LogP contribution in [0.15, 0.2) is 28.8 Å². The first-order valence-electron chi connectivity index (χ1n) is 6.20. The number of phenolic OH excluding ortho intramolecular Hbond substituents is 1. The normalized spacial score (nSPS) is 19.9. The third-order valence-electron chi connectivity index (χ3n) is 3.20. The van der Waals surface area contributed by atoms with Crippen LogP contribution in [0.2, 0.25) is 0 Å². The fourth-order valence-corrected chi connectivity index (χ4v) is 2.21. The van der Waals surface area contributed by atoms with Crippen LogP contribution in [-0.2, 0) is 0 Å². The monoisotopic (exact) mass is 245 g/mol. The number of phenols is 1. The quantitative estimate of drug-likeness (QED) is 0.849. The molecule has 0 aliphatic carbocycles. The van der Waals surface area contributed by atoms with Gasteiger partial charge in [-0.1, -0.05) is 23.7 Å². The maximum Gasteiger partial charge on any atom is 0.261 e. The van der Waals surface area contributed by atoms with Crippen LogP contribution < -0.4 is 5.32 Å². The van der Waals surface area contributed by atoms with Crippen molar-refractivity contribution in [2.24, 2.45) is 0 Å². The highest BCUT2D eigenvalue weighted by atomic mass is 16.5. The maximum atomic E-state index is 9.74. The van der Waals surface area contributed by atoms with E-state index in [1.807, 2.05) is 6.07 Å². The average Bonchev–Trinajstić information content (AvgIpc) is 2.90. The number of hydrogen-bond acceptors (Lipinski definition) is 5. The van der Waals surface area contributed by atoms with E-state index in [-0.39, 0.29) is 11.8 Å². The molecule has 1 fully saturated rings. The molecule has 2 heterocycles. The lowest BCUT2D eigenvalue weighted by Crippen LogP contribution is -2.27. The van der Waals surface area contributed by atoms with E-state index in [1.165, 1.54) is 12.8 Å². The van der Waals surface area contributed by atoms with Crippen LogP contribution in [-0.4, -0.2) is 21.8 Å². The molecular formula is C13H15N3O2. The SMILES string of the molecule is Oc1ccccc1-c1nc(C2CCCCN2)no1. The summed E-state index contributed by atoms with van der Waals surface area (Å²) >= 11 is 0. The summed E-state index contributed by atoms with van der Waals surface area (Å²) in [6.45, 7) is 0.991. The Morgan fingerprint density at radius 1 is 1.28 bits per heavy atom. The highest BCUT2D eigenvalue weighted by Gasteiger charge is 2.21. The van der Waals surface area contributed by atoms with E-state index in [0.29, 0.717) is 17.3 Å². The first kappa shape index (κ1) is 11.2. The fourth-order valence-electron chi connectivity index (χ4n) is 2.21. The lowest BCUT2D eigenvalue weighted by atomic mass is 10.0. The van der Waals surface area contributed by atoms with Crippen molar-refractivity contribution in [3.63, 3.8) is 0 Å². The molecule has 1 unspecified atom stereocenters. The minimum atomic E-state index is 0.157. The lowest BCUT2D eigenvalue weighted by Gasteiger charge is -2.19. The van der Waals surface area contributed by atoms with Crippen LogP contribution in [0.4, 0.5) is 0 Å².